The molecule has 0 amide bonds. The first kappa shape index (κ1) is 13.2. The van der Waals surface area contributed by atoms with Crippen LogP contribution >= 0.6 is 0 Å². The molecule has 0 bridgehead atoms. The topological polar surface area (TPSA) is 58.9 Å². The largest absolute Gasteiger partial charge is 0.387 e. The Kier molecular flexibility index (Phi) is 4.90. The van der Waals surface area contributed by atoms with Crippen molar-refractivity contribution in [3.8, 4) is 0 Å². The Labute approximate surface area is 106 Å². The molecule has 0 saturated heterocycles. The number of aliphatic hydroxyl groups excluding tert-OH is 2. The summed E-state index contributed by atoms with van der Waals surface area (Å²) in [5.41, 5.74) is 1.12. The molecule has 18 heavy (non-hydrogen) atoms. The Morgan fingerprint density at radius 3 is 2.44 bits per heavy atom. The Morgan fingerprint density at radius 1 is 1.00 bits per heavy atom. The molecule has 2 N–H and O–H groups in total. The maximum atomic E-state index is 9.51. The van der Waals surface area contributed by atoms with Crippen LogP contribution in [0.1, 0.15) is 5.56 Å². The summed E-state index contributed by atoms with van der Waals surface area (Å²) in [5.74, 6) is 0. The van der Waals surface area contributed by atoms with E-state index < -0.39 is 18.3 Å². The van der Waals surface area contributed by atoms with Gasteiger partial charge in [0.25, 0.3) is 0 Å². The van der Waals surface area contributed by atoms with Gasteiger partial charge < -0.3 is 19.7 Å². The predicted molar refractivity (Wildman–Crippen MR) is 67.0 cm³/mol. The minimum Gasteiger partial charge on any atom is -0.387 e. The van der Waals surface area contributed by atoms with Gasteiger partial charge in [-0.2, -0.15) is 0 Å². The van der Waals surface area contributed by atoms with Gasteiger partial charge in [0.1, 0.15) is 18.3 Å². The zero-order valence-corrected chi connectivity index (χ0v) is 10.1. The maximum Gasteiger partial charge on any atom is 0.113 e. The van der Waals surface area contributed by atoms with Crippen LogP contribution in [0.15, 0.2) is 42.5 Å². The van der Waals surface area contributed by atoms with Crippen molar-refractivity contribution in [2.24, 2.45) is 0 Å². The van der Waals surface area contributed by atoms with Gasteiger partial charge in [0.2, 0.25) is 0 Å². The third kappa shape index (κ3) is 3.65. The van der Waals surface area contributed by atoms with Crippen molar-refractivity contribution < 1.29 is 19.7 Å². The zero-order valence-electron chi connectivity index (χ0n) is 10.1. The van der Waals surface area contributed by atoms with Crippen molar-refractivity contribution in [1.29, 1.82) is 0 Å². The van der Waals surface area contributed by atoms with Gasteiger partial charge in [-0.05, 0) is 5.56 Å². The van der Waals surface area contributed by atoms with Crippen molar-refractivity contribution in [1.82, 2.24) is 0 Å². The average molecular weight is 250 g/mol. The van der Waals surface area contributed by atoms with Crippen LogP contribution in [-0.4, -0.2) is 41.7 Å². The van der Waals surface area contributed by atoms with Crippen LogP contribution in [0.2, 0.25) is 0 Å². The summed E-state index contributed by atoms with van der Waals surface area (Å²) in [4.78, 5) is 0. The van der Waals surface area contributed by atoms with Gasteiger partial charge in [-0.15, -0.1) is 0 Å². The fourth-order valence-corrected chi connectivity index (χ4v) is 1.81. The summed E-state index contributed by atoms with van der Waals surface area (Å²) in [6.45, 7) is 1.41. The Bertz CT molecular complexity index is 377. The number of hydrogen-bond donors (Lipinski definition) is 2. The van der Waals surface area contributed by atoms with Crippen LogP contribution in [0.4, 0.5) is 0 Å². The van der Waals surface area contributed by atoms with E-state index >= 15 is 0 Å². The molecule has 4 heteroatoms. The molecule has 1 aliphatic rings. The quantitative estimate of drug-likeness (QED) is 0.581. The summed E-state index contributed by atoms with van der Waals surface area (Å²) in [5, 5.41) is 18.8. The summed E-state index contributed by atoms with van der Waals surface area (Å²) in [6.07, 6.45) is 1.10. The molecule has 0 aliphatic heterocycles. The summed E-state index contributed by atoms with van der Waals surface area (Å²) in [7, 11) is 0. The molecule has 1 aliphatic carbocycles. The second-order valence-corrected chi connectivity index (χ2v) is 4.24. The zero-order chi connectivity index (χ0) is 12.8. The summed E-state index contributed by atoms with van der Waals surface area (Å²) >= 11 is 0. The van der Waals surface area contributed by atoms with Crippen LogP contribution < -0.4 is 0 Å². The molecule has 3 unspecified atom stereocenters. The Balaban J connectivity index is 1.58. The molecule has 3 atom stereocenters. The molecule has 0 saturated carbocycles. The summed E-state index contributed by atoms with van der Waals surface area (Å²) < 4.78 is 10.9. The van der Waals surface area contributed by atoms with Gasteiger partial charge in [-0.3, -0.25) is 0 Å². The highest BCUT2D eigenvalue weighted by Gasteiger charge is 2.28. The molecular formula is C14H18O4. The number of rotatable bonds is 6. The first-order valence-electron chi connectivity index (χ1n) is 6.05. The van der Waals surface area contributed by atoms with Crippen LogP contribution in [0.5, 0.6) is 0 Å². The number of hydrogen-bond acceptors (Lipinski definition) is 4. The molecule has 98 valence electrons. The first-order valence-corrected chi connectivity index (χ1v) is 6.05. The highest BCUT2D eigenvalue weighted by molar-refractivity contribution is 5.13. The number of ether oxygens (including phenoxy) is 2. The molecular weight excluding hydrogens is 232 g/mol. The highest BCUT2D eigenvalue weighted by atomic mass is 16.5. The average Bonchev–Trinajstić information content (AvgIpc) is 2.71. The SMILES string of the molecule is OC1C=CC(OCCOCc2ccccc2)C1O. The first-order chi connectivity index (χ1) is 8.77. The lowest BCUT2D eigenvalue weighted by Crippen LogP contribution is -2.32. The van der Waals surface area contributed by atoms with Gasteiger partial charge in [0.15, 0.2) is 0 Å². The van der Waals surface area contributed by atoms with Crippen LogP contribution in [0, 0.1) is 0 Å². The van der Waals surface area contributed by atoms with E-state index in [1.54, 1.807) is 12.2 Å². The van der Waals surface area contributed by atoms with Crippen molar-refractivity contribution in [2.45, 2.75) is 24.9 Å². The second kappa shape index (κ2) is 6.66. The van der Waals surface area contributed by atoms with E-state index in [1.807, 2.05) is 30.3 Å². The fourth-order valence-electron chi connectivity index (χ4n) is 1.81. The summed E-state index contributed by atoms with van der Waals surface area (Å²) in [6, 6.07) is 9.90. The smallest absolute Gasteiger partial charge is 0.113 e. The van der Waals surface area contributed by atoms with Crippen molar-refractivity contribution in [2.75, 3.05) is 13.2 Å². The molecule has 0 aromatic heterocycles. The normalized spacial score (nSPS) is 26.7. The van der Waals surface area contributed by atoms with E-state index in [0.29, 0.717) is 19.8 Å². The Morgan fingerprint density at radius 2 is 1.78 bits per heavy atom. The minimum atomic E-state index is -0.862. The fraction of sp³-hybridized carbons (Fsp3) is 0.429. The van der Waals surface area contributed by atoms with Crippen molar-refractivity contribution >= 4 is 0 Å². The third-order valence-electron chi connectivity index (χ3n) is 2.83. The molecule has 2 rings (SSSR count). The van der Waals surface area contributed by atoms with Crippen molar-refractivity contribution in [3.05, 3.63) is 48.0 Å². The lowest BCUT2D eigenvalue weighted by molar-refractivity contribution is -0.0583. The van der Waals surface area contributed by atoms with E-state index in [0.717, 1.165) is 5.56 Å². The minimum absolute atomic E-state index is 0.394. The molecule has 0 spiro atoms. The van der Waals surface area contributed by atoms with E-state index in [-0.39, 0.29) is 0 Å². The molecule has 1 aromatic rings. The number of aliphatic hydroxyl groups is 2. The van der Waals surface area contributed by atoms with E-state index in [2.05, 4.69) is 0 Å². The predicted octanol–water partition coefficient (Wildman–Crippen LogP) is 0.880. The third-order valence-corrected chi connectivity index (χ3v) is 2.83. The van der Waals surface area contributed by atoms with Crippen LogP contribution in [-0.2, 0) is 16.1 Å². The van der Waals surface area contributed by atoms with Gasteiger partial charge in [0.05, 0.1) is 19.8 Å². The van der Waals surface area contributed by atoms with Gasteiger partial charge in [-0.25, -0.2) is 0 Å². The number of benzene rings is 1. The molecule has 0 radical (unpaired) electrons. The van der Waals surface area contributed by atoms with Gasteiger partial charge >= 0.3 is 0 Å². The van der Waals surface area contributed by atoms with Gasteiger partial charge in [0, 0.05) is 0 Å². The second-order valence-electron chi connectivity index (χ2n) is 4.24. The molecule has 0 heterocycles. The molecule has 4 nitrogen and oxygen atoms in total. The Hall–Kier alpha value is -1.20. The molecule has 0 fully saturated rings. The standard InChI is InChI=1S/C14H18O4/c15-12-6-7-13(14(12)16)18-9-8-17-10-11-4-2-1-3-5-11/h1-7,12-16H,8-10H2. The lowest BCUT2D eigenvalue weighted by Gasteiger charge is -2.17. The lowest BCUT2D eigenvalue weighted by atomic mass is 10.2. The van der Waals surface area contributed by atoms with Crippen LogP contribution in [0.25, 0.3) is 0 Å². The van der Waals surface area contributed by atoms with Crippen molar-refractivity contribution in [3.63, 3.8) is 0 Å². The highest BCUT2D eigenvalue weighted by Crippen LogP contribution is 2.14. The van der Waals surface area contributed by atoms with Gasteiger partial charge in [-0.1, -0.05) is 42.5 Å². The van der Waals surface area contributed by atoms with E-state index in [9.17, 15) is 10.2 Å². The monoisotopic (exact) mass is 250 g/mol. The van der Waals surface area contributed by atoms with Crippen LogP contribution in [0.3, 0.4) is 0 Å². The maximum absolute atomic E-state index is 9.51. The van der Waals surface area contributed by atoms with E-state index in [1.165, 1.54) is 0 Å². The molecule has 1 aromatic carbocycles. The van der Waals surface area contributed by atoms with E-state index in [4.69, 9.17) is 9.47 Å².